The van der Waals surface area contributed by atoms with Gasteiger partial charge in [0.2, 0.25) is 5.91 Å². The predicted octanol–water partition coefficient (Wildman–Crippen LogP) is 3.37. The largest absolute Gasteiger partial charge is 0.361 e. The summed E-state index contributed by atoms with van der Waals surface area (Å²) in [6, 6.07) is 7.22. The second-order valence-electron chi connectivity index (χ2n) is 6.52. The van der Waals surface area contributed by atoms with Crippen molar-refractivity contribution in [3.8, 4) is 0 Å². The molecule has 3 amide bonds. The van der Waals surface area contributed by atoms with Crippen molar-refractivity contribution >= 4 is 29.4 Å². The van der Waals surface area contributed by atoms with Crippen LogP contribution in [0.3, 0.4) is 0 Å². The van der Waals surface area contributed by atoms with E-state index in [1.807, 2.05) is 52.0 Å². The molecule has 7 nitrogen and oxygen atoms in total. The lowest BCUT2D eigenvalue weighted by molar-refractivity contribution is -0.118. The van der Waals surface area contributed by atoms with Crippen molar-refractivity contribution in [1.29, 1.82) is 0 Å². The van der Waals surface area contributed by atoms with Crippen molar-refractivity contribution in [1.82, 2.24) is 15.8 Å². The van der Waals surface area contributed by atoms with E-state index in [-0.39, 0.29) is 18.0 Å². The van der Waals surface area contributed by atoms with Gasteiger partial charge in [-0.05, 0) is 45.4 Å². The lowest BCUT2D eigenvalue weighted by Gasteiger charge is -2.11. The Bertz CT molecular complexity index is 752. The third-order valence-electron chi connectivity index (χ3n) is 3.78. The molecule has 0 unspecified atom stereocenters. The molecular weight excluding hydrogens is 364 g/mol. The Labute approximate surface area is 163 Å². The van der Waals surface area contributed by atoms with Crippen LogP contribution in [0.2, 0.25) is 0 Å². The topological polar surface area (TPSA) is 96.3 Å². The van der Waals surface area contributed by atoms with E-state index in [4.69, 9.17) is 4.52 Å². The SMILES string of the molecule is Cc1noc(C)c1CSCC(=O)NCc1ccc(NC(=O)NC(C)C)cc1. The molecule has 2 aromatic rings. The second-order valence-corrected chi connectivity index (χ2v) is 7.51. The Balaban J connectivity index is 1.71. The third-order valence-corrected chi connectivity index (χ3v) is 4.74. The number of benzene rings is 1. The average Bonchev–Trinajstić information content (AvgIpc) is 2.92. The number of aromatic nitrogens is 1. The lowest BCUT2D eigenvalue weighted by atomic mass is 10.2. The summed E-state index contributed by atoms with van der Waals surface area (Å²) in [6.45, 7) is 8.03. The molecule has 0 aliphatic heterocycles. The molecule has 1 aromatic carbocycles. The molecule has 27 heavy (non-hydrogen) atoms. The van der Waals surface area contributed by atoms with Crippen molar-refractivity contribution in [2.75, 3.05) is 11.1 Å². The summed E-state index contributed by atoms with van der Waals surface area (Å²) < 4.78 is 5.12. The first kappa shape index (κ1) is 20.8. The van der Waals surface area contributed by atoms with Crippen molar-refractivity contribution < 1.29 is 14.1 Å². The summed E-state index contributed by atoms with van der Waals surface area (Å²) in [5, 5.41) is 12.3. The quantitative estimate of drug-likeness (QED) is 0.642. The van der Waals surface area contributed by atoms with Gasteiger partial charge in [-0.3, -0.25) is 4.79 Å². The minimum absolute atomic E-state index is 0.0229. The third kappa shape index (κ3) is 6.97. The first-order valence-electron chi connectivity index (χ1n) is 8.77. The van der Waals surface area contributed by atoms with E-state index < -0.39 is 0 Å². The molecule has 0 spiro atoms. The van der Waals surface area contributed by atoms with Gasteiger partial charge >= 0.3 is 6.03 Å². The van der Waals surface area contributed by atoms with Gasteiger partial charge in [0.25, 0.3) is 0 Å². The van der Waals surface area contributed by atoms with Crippen molar-refractivity contribution in [2.24, 2.45) is 0 Å². The summed E-state index contributed by atoms with van der Waals surface area (Å²) in [5.74, 6) is 1.85. The van der Waals surface area contributed by atoms with Gasteiger partial charge in [0.05, 0.1) is 11.4 Å². The van der Waals surface area contributed by atoms with Crippen molar-refractivity contribution in [3.63, 3.8) is 0 Å². The van der Waals surface area contributed by atoms with Gasteiger partial charge in [-0.15, -0.1) is 11.8 Å². The van der Waals surface area contributed by atoms with Crippen LogP contribution in [0, 0.1) is 13.8 Å². The number of urea groups is 1. The number of aryl methyl sites for hydroxylation is 2. The highest BCUT2D eigenvalue weighted by atomic mass is 32.2. The number of nitrogens with zero attached hydrogens (tertiary/aromatic N) is 1. The first-order chi connectivity index (χ1) is 12.8. The molecule has 2 rings (SSSR count). The van der Waals surface area contributed by atoms with Crippen LogP contribution in [0.1, 0.15) is 36.4 Å². The molecule has 3 N–H and O–H groups in total. The Morgan fingerprint density at radius 3 is 2.48 bits per heavy atom. The molecular formula is C19H26N4O3S. The van der Waals surface area contributed by atoms with E-state index in [0.29, 0.717) is 23.7 Å². The molecule has 146 valence electrons. The highest BCUT2D eigenvalue weighted by Crippen LogP contribution is 2.19. The number of nitrogens with one attached hydrogen (secondary N) is 3. The number of rotatable bonds is 8. The maximum Gasteiger partial charge on any atom is 0.319 e. The van der Waals surface area contributed by atoms with Crippen LogP contribution in [0.4, 0.5) is 10.5 Å². The van der Waals surface area contributed by atoms with E-state index in [9.17, 15) is 9.59 Å². The van der Waals surface area contributed by atoms with E-state index in [2.05, 4.69) is 21.1 Å². The molecule has 8 heteroatoms. The molecule has 0 aliphatic carbocycles. The van der Waals surface area contributed by atoms with E-state index in [1.165, 1.54) is 11.8 Å². The smallest absolute Gasteiger partial charge is 0.319 e. The minimum atomic E-state index is -0.235. The van der Waals surface area contributed by atoms with Crippen molar-refractivity contribution in [3.05, 3.63) is 46.8 Å². The van der Waals surface area contributed by atoms with Gasteiger partial charge < -0.3 is 20.5 Å². The molecule has 0 saturated heterocycles. The van der Waals surface area contributed by atoms with Gasteiger partial charge in [-0.2, -0.15) is 0 Å². The fourth-order valence-electron chi connectivity index (χ4n) is 2.34. The number of carbonyl (C=O) groups excluding carboxylic acids is 2. The van der Waals surface area contributed by atoms with Crippen LogP contribution in [-0.4, -0.2) is 28.9 Å². The predicted molar refractivity (Wildman–Crippen MR) is 108 cm³/mol. The highest BCUT2D eigenvalue weighted by molar-refractivity contribution is 7.99. The second kappa shape index (κ2) is 10.0. The number of amides is 3. The summed E-state index contributed by atoms with van der Waals surface area (Å²) >= 11 is 1.53. The molecule has 0 saturated carbocycles. The normalized spacial score (nSPS) is 10.7. The Kier molecular flexibility index (Phi) is 7.72. The molecule has 0 bridgehead atoms. The fourth-order valence-corrected chi connectivity index (χ4v) is 3.35. The zero-order valence-corrected chi connectivity index (χ0v) is 16.9. The number of hydrogen-bond acceptors (Lipinski definition) is 5. The lowest BCUT2D eigenvalue weighted by Crippen LogP contribution is -2.34. The Hall–Kier alpha value is -2.48. The fraction of sp³-hybridized carbons (Fsp3) is 0.421. The number of carbonyl (C=O) groups is 2. The first-order valence-corrected chi connectivity index (χ1v) is 9.93. The molecule has 0 atom stereocenters. The summed E-state index contributed by atoms with van der Waals surface area (Å²) in [7, 11) is 0. The van der Waals surface area contributed by atoms with Crippen LogP contribution >= 0.6 is 11.8 Å². The van der Waals surface area contributed by atoms with E-state index in [1.54, 1.807) is 0 Å². The molecule has 1 heterocycles. The maximum absolute atomic E-state index is 12.0. The van der Waals surface area contributed by atoms with Crippen LogP contribution in [-0.2, 0) is 17.1 Å². The zero-order valence-electron chi connectivity index (χ0n) is 16.1. The van der Waals surface area contributed by atoms with Crippen LogP contribution in [0.25, 0.3) is 0 Å². The Morgan fingerprint density at radius 1 is 1.19 bits per heavy atom. The molecule has 0 aliphatic rings. The van der Waals surface area contributed by atoms with Gasteiger partial charge in [0.1, 0.15) is 5.76 Å². The number of hydrogen-bond donors (Lipinski definition) is 3. The monoisotopic (exact) mass is 390 g/mol. The summed E-state index contributed by atoms with van der Waals surface area (Å²) in [4.78, 5) is 23.7. The van der Waals surface area contributed by atoms with Gasteiger partial charge in [0.15, 0.2) is 0 Å². The average molecular weight is 391 g/mol. The zero-order chi connectivity index (χ0) is 19.8. The molecule has 1 aromatic heterocycles. The van der Waals surface area contributed by atoms with Crippen LogP contribution in [0.15, 0.2) is 28.8 Å². The van der Waals surface area contributed by atoms with E-state index >= 15 is 0 Å². The minimum Gasteiger partial charge on any atom is -0.361 e. The standard InChI is InChI=1S/C19H26N4O3S/c1-12(2)21-19(25)22-16-7-5-15(6-8-16)9-20-18(24)11-27-10-17-13(3)23-26-14(17)4/h5-8,12H,9-11H2,1-4H3,(H,20,24)(H2,21,22,25). The summed E-state index contributed by atoms with van der Waals surface area (Å²) in [5.41, 5.74) is 3.60. The molecule has 0 radical (unpaired) electrons. The van der Waals surface area contributed by atoms with Crippen molar-refractivity contribution in [2.45, 2.75) is 46.0 Å². The summed E-state index contributed by atoms with van der Waals surface area (Å²) in [6.07, 6.45) is 0. The maximum atomic E-state index is 12.0. The van der Waals surface area contributed by atoms with Crippen LogP contribution in [0.5, 0.6) is 0 Å². The van der Waals surface area contributed by atoms with Gasteiger partial charge in [-0.25, -0.2) is 4.79 Å². The van der Waals surface area contributed by atoms with Gasteiger partial charge in [-0.1, -0.05) is 17.3 Å². The number of anilines is 1. The van der Waals surface area contributed by atoms with E-state index in [0.717, 1.165) is 22.6 Å². The van der Waals surface area contributed by atoms with Crippen LogP contribution < -0.4 is 16.0 Å². The number of thioether (sulfide) groups is 1. The van der Waals surface area contributed by atoms with Gasteiger partial charge in [0, 0.05) is 29.6 Å². The highest BCUT2D eigenvalue weighted by Gasteiger charge is 2.10. The molecule has 0 fully saturated rings. The Morgan fingerprint density at radius 2 is 1.89 bits per heavy atom.